The molecule has 0 spiro atoms. The van der Waals surface area contributed by atoms with Gasteiger partial charge in [0.1, 0.15) is 5.78 Å². The Kier molecular flexibility index (Phi) is 37.4. The van der Waals surface area contributed by atoms with E-state index < -0.39 is 0 Å². The predicted molar refractivity (Wildman–Crippen MR) is 187 cm³/mol. The molecule has 1 heteroatoms. The van der Waals surface area contributed by atoms with Crippen LogP contribution in [0.3, 0.4) is 0 Å². The summed E-state index contributed by atoms with van der Waals surface area (Å²) >= 11 is 0. The Morgan fingerprint density at radius 2 is 0.439 bits per heavy atom. The molecule has 0 heterocycles. The molecule has 0 rings (SSSR count). The summed E-state index contributed by atoms with van der Waals surface area (Å²) in [6.07, 6.45) is 52.2. The molecular formula is C40H80O. The van der Waals surface area contributed by atoms with E-state index in [0.717, 1.165) is 19.3 Å². The van der Waals surface area contributed by atoms with E-state index in [2.05, 4.69) is 6.92 Å². The molecule has 0 aliphatic carbocycles. The lowest BCUT2D eigenvalue weighted by molar-refractivity contribution is -0.118. The lowest BCUT2D eigenvalue weighted by Gasteiger charge is -2.05. The average molecular weight is 577 g/mol. The van der Waals surface area contributed by atoms with Crippen molar-refractivity contribution in [1.82, 2.24) is 0 Å². The Labute approximate surface area is 261 Å². The minimum absolute atomic E-state index is 0.441. The van der Waals surface area contributed by atoms with Crippen molar-refractivity contribution in [3.63, 3.8) is 0 Å². The smallest absolute Gasteiger partial charge is 0.132 e. The zero-order valence-electron chi connectivity index (χ0n) is 29.1. The van der Waals surface area contributed by atoms with Gasteiger partial charge in [-0.15, -0.1) is 0 Å². The minimum Gasteiger partial charge on any atom is -0.300 e. The molecule has 0 radical (unpaired) electrons. The van der Waals surface area contributed by atoms with Gasteiger partial charge in [0, 0.05) is 12.8 Å². The molecule has 0 saturated heterocycles. The van der Waals surface area contributed by atoms with Crippen molar-refractivity contribution >= 4 is 5.78 Å². The van der Waals surface area contributed by atoms with Gasteiger partial charge in [0.05, 0.1) is 0 Å². The van der Waals surface area contributed by atoms with E-state index in [9.17, 15) is 4.79 Å². The Bertz CT molecular complexity index is 469. The topological polar surface area (TPSA) is 17.1 Å². The first-order chi connectivity index (χ1) is 20.3. The van der Waals surface area contributed by atoms with Crippen LogP contribution in [-0.4, -0.2) is 5.78 Å². The largest absolute Gasteiger partial charge is 0.300 e. The third-order valence-electron chi connectivity index (χ3n) is 9.45. The molecule has 0 aliphatic heterocycles. The van der Waals surface area contributed by atoms with Crippen LogP contribution in [0, 0.1) is 0 Å². The van der Waals surface area contributed by atoms with Gasteiger partial charge < -0.3 is 0 Å². The lowest BCUT2D eigenvalue weighted by Crippen LogP contribution is -1.94. The van der Waals surface area contributed by atoms with Gasteiger partial charge in [-0.3, -0.25) is 4.79 Å². The quantitative estimate of drug-likeness (QED) is 0.0672. The summed E-state index contributed by atoms with van der Waals surface area (Å²) in [6, 6.07) is 0. The molecule has 1 nitrogen and oxygen atoms in total. The van der Waals surface area contributed by atoms with E-state index >= 15 is 0 Å². The number of ketones is 1. The minimum atomic E-state index is 0.441. The second-order valence-corrected chi connectivity index (χ2v) is 13.7. The van der Waals surface area contributed by atoms with Crippen LogP contribution in [-0.2, 0) is 4.79 Å². The highest BCUT2D eigenvalue weighted by Gasteiger charge is 1.99. The highest BCUT2D eigenvalue weighted by atomic mass is 16.1. The fraction of sp³-hybridized carbons (Fsp3) is 0.975. The second kappa shape index (κ2) is 37.7. The summed E-state index contributed by atoms with van der Waals surface area (Å²) in [6.45, 7) is 4.29. The first kappa shape index (κ1) is 40.7. The van der Waals surface area contributed by atoms with Crippen molar-refractivity contribution in [2.45, 2.75) is 251 Å². The van der Waals surface area contributed by atoms with E-state index in [1.165, 1.54) is 218 Å². The van der Waals surface area contributed by atoms with Crippen molar-refractivity contribution in [1.29, 1.82) is 0 Å². The number of carbonyl (C=O) groups is 1. The number of unbranched alkanes of at least 4 members (excludes halogenated alkanes) is 34. The molecular weight excluding hydrogens is 496 g/mol. The van der Waals surface area contributed by atoms with E-state index in [1.807, 2.05) is 6.92 Å². The highest BCUT2D eigenvalue weighted by Crippen LogP contribution is 2.17. The van der Waals surface area contributed by atoms with Crippen LogP contribution >= 0.6 is 0 Å². The van der Waals surface area contributed by atoms with Gasteiger partial charge in [-0.1, -0.05) is 232 Å². The predicted octanol–water partition coefficient (Wildman–Crippen LogP) is 15.0. The second-order valence-electron chi connectivity index (χ2n) is 13.7. The normalized spacial score (nSPS) is 11.5. The number of hydrogen-bond donors (Lipinski definition) is 0. The maximum Gasteiger partial charge on any atom is 0.132 e. The number of carbonyl (C=O) groups excluding carboxylic acids is 1. The van der Waals surface area contributed by atoms with Crippen molar-refractivity contribution in [3.05, 3.63) is 0 Å². The summed E-state index contributed by atoms with van der Waals surface area (Å²) < 4.78 is 0. The van der Waals surface area contributed by atoms with Crippen LogP contribution in [0.5, 0.6) is 0 Å². The van der Waals surface area contributed by atoms with Crippen molar-refractivity contribution in [2.75, 3.05) is 0 Å². The van der Waals surface area contributed by atoms with Gasteiger partial charge in [-0.2, -0.15) is 0 Å². The first-order valence-corrected chi connectivity index (χ1v) is 19.8. The molecule has 246 valence electrons. The summed E-state index contributed by atoms with van der Waals surface area (Å²) in [7, 11) is 0. The number of Topliss-reactive ketones (excluding diaryl/α,β-unsaturated/α-hetero) is 1. The standard InChI is InChI=1S/C40H80O/c1-3-5-6-7-8-9-10-11-12-13-14-15-16-17-18-19-20-21-22-23-24-25-26-27-28-29-30-31-32-33-34-35-36-37-38-39-40(41)4-2/h3-39H2,1-2H3. The monoisotopic (exact) mass is 577 g/mol. The van der Waals surface area contributed by atoms with Gasteiger partial charge >= 0.3 is 0 Å². The molecule has 0 atom stereocenters. The zero-order valence-corrected chi connectivity index (χ0v) is 29.1. The number of hydrogen-bond acceptors (Lipinski definition) is 1. The summed E-state index contributed by atoms with van der Waals surface area (Å²) in [5.74, 6) is 0.441. The SMILES string of the molecule is CCCCCCCCCCCCCCCCCCCCCCCCCCCCCCCCCCCCCC(=O)CC. The molecule has 0 bridgehead atoms. The maximum atomic E-state index is 11.3. The van der Waals surface area contributed by atoms with Crippen LogP contribution in [0.15, 0.2) is 0 Å². The number of rotatable bonds is 37. The van der Waals surface area contributed by atoms with Gasteiger partial charge in [-0.25, -0.2) is 0 Å². The molecule has 0 aliphatic rings. The molecule has 0 aromatic rings. The third-order valence-corrected chi connectivity index (χ3v) is 9.45. The van der Waals surface area contributed by atoms with Crippen LogP contribution in [0.4, 0.5) is 0 Å². The van der Waals surface area contributed by atoms with Crippen LogP contribution < -0.4 is 0 Å². The van der Waals surface area contributed by atoms with Crippen LogP contribution in [0.25, 0.3) is 0 Å². The van der Waals surface area contributed by atoms with Crippen molar-refractivity contribution in [2.24, 2.45) is 0 Å². The van der Waals surface area contributed by atoms with Gasteiger partial charge in [0.15, 0.2) is 0 Å². The van der Waals surface area contributed by atoms with E-state index in [1.54, 1.807) is 0 Å². The van der Waals surface area contributed by atoms with Crippen molar-refractivity contribution in [3.8, 4) is 0 Å². The average Bonchev–Trinajstić information content (AvgIpc) is 2.99. The summed E-state index contributed by atoms with van der Waals surface area (Å²) in [4.78, 5) is 11.3. The Balaban J connectivity index is 3.04. The van der Waals surface area contributed by atoms with Gasteiger partial charge in [0.25, 0.3) is 0 Å². The van der Waals surface area contributed by atoms with Gasteiger partial charge in [0.2, 0.25) is 0 Å². The molecule has 41 heavy (non-hydrogen) atoms. The summed E-state index contributed by atoms with van der Waals surface area (Å²) in [5, 5.41) is 0. The first-order valence-electron chi connectivity index (χ1n) is 19.8. The molecule has 0 saturated carbocycles. The molecule has 0 N–H and O–H groups in total. The Morgan fingerprint density at radius 1 is 0.268 bits per heavy atom. The van der Waals surface area contributed by atoms with Crippen molar-refractivity contribution < 1.29 is 4.79 Å². The Hall–Kier alpha value is -0.330. The molecule has 0 aromatic heterocycles. The fourth-order valence-electron chi connectivity index (χ4n) is 6.41. The molecule has 0 amide bonds. The van der Waals surface area contributed by atoms with E-state index in [4.69, 9.17) is 0 Å². The van der Waals surface area contributed by atoms with Crippen LogP contribution in [0.2, 0.25) is 0 Å². The third kappa shape index (κ3) is 37.6. The fourth-order valence-corrected chi connectivity index (χ4v) is 6.41. The highest BCUT2D eigenvalue weighted by molar-refractivity contribution is 5.77. The van der Waals surface area contributed by atoms with Crippen LogP contribution in [0.1, 0.15) is 251 Å². The van der Waals surface area contributed by atoms with E-state index in [-0.39, 0.29) is 0 Å². The molecule has 0 unspecified atom stereocenters. The molecule has 0 aromatic carbocycles. The van der Waals surface area contributed by atoms with E-state index in [0.29, 0.717) is 5.78 Å². The maximum absolute atomic E-state index is 11.3. The van der Waals surface area contributed by atoms with Gasteiger partial charge in [-0.05, 0) is 6.42 Å². The zero-order chi connectivity index (χ0) is 29.7. The lowest BCUT2D eigenvalue weighted by atomic mass is 10.0. The molecule has 0 fully saturated rings. The Morgan fingerprint density at radius 3 is 0.610 bits per heavy atom. The summed E-state index contributed by atoms with van der Waals surface area (Å²) in [5.41, 5.74) is 0.